The largest absolute Gasteiger partial charge is 0.501 e. The first-order chi connectivity index (χ1) is 15.4. The van der Waals surface area contributed by atoms with Crippen LogP contribution in [0, 0.1) is 18.3 Å². The van der Waals surface area contributed by atoms with E-state index in [0.29, 0.717) is 35.0 Å². The molecule has 0 spiro atoms. The molecule has 0 unspecified atom stereocenters. The monoisotopic (exact) mass is 438 g/mol. The van der Waals surface area contributed by atoms with E-state index in [4.69, 9.17) is 18.9 Å². The minimum atomic E-state index is -1.04. The lowest BCUT2D eigenvalue weighted by Crippen LogP contribution is -2.33. The Balaban J connectivity index is 2.04. The number of benzene rings is 2. The van der Waals surface area contributed by atoms with Gasteiger partial charge < -0.3 is 28.8 Å². The van der Waals surface area contributed by atoms with Gasteiger partial charge in [0.05, 0.1) is 40.5 Å². The zero-order valence-electron chi connectivity index (χ0n) is 19.1. The molecule has 170 valence electrons. The number of carbonyl (C=O) groups is 1. The van der Waals surface area contributed by atoms with Crippen molar-refractivity contribution in [1.82, 2.24) is 0 Å². The van der Waals surface area contributed by atoms with Gasteiger partial charge in [-0.1, -0.05) is 29.8 Å². The van der Waals surface area contributed by atoms with Crippen molar-refractivity contribution in [3.05, 3.63) is 82.8 Å². The minimum absolute atomic E-state index is 0.411. The summed E-state index contributed by atoms with van der Waals surface area (Å²) in [6.07, 6.45) is 3.77. The van der Waals surface area contributed by atoms with Crippen molar-refractivity contribution >= 4 is 6.29 Å². The molecule has 0 heterocycles. The third kappa shape index (κ3) is 4.50. The first-order valence-electron chi connectivity index (χ1n) is 10.4. The Hall–Kier alpha value is -3.25. The van der Waals surface area contributed by atoms with Gasteiger partial charge in [-0.15, -0.1) is 0 Å². The van der Waals surface area contributed by atoms with E-state index in [2.05, 4.69) is 0 Å². The van der Waals surface area contributed by atoms with Crippen LogP contribution in [0.3, 0.4) is 0 Å². The van der Waals surface area contributed by atoms with Gasteiger partial charge in [-0.2, -0.15) is 0 Å². The Morgan fingerprint density at radius 3 is 2.28 bits per heavy atom. The van der Waals surface area contributed by atoms with Crippen molar-refractivity contribution in [3.8, 4) is 11.5 Å². The second-order valence-electron chi connectivity index (χ2n) is 7.88. The topological polar surface area (TPSA) is 74.2 Å². The van der Waals surface area contributed by atoms with Crippen molar-refractivity contribution in [2.24, 2.45) is 11.3 Å². The van der Waals surface area contributed by atoms with Gasteiger partial charge in [-0.05, 0) is 49.3 Å². The molecule has 0 amide bonds. The molecule has 0 radical (unpaired) electrons. The summed E-state index contributed by atoms with van der Waals surface area (Å²) in [7, 11) is 6.16. The predicted octanol–water partition coefficient (Wildman–Crippen LogP) is 4.16. The average Bonchev–Trinajstić information content (AvgIpc) is 2.84. The molecule has 0 saturated heterocycles. The maximum absolute atomic E-state index is 12.4. The van der Waals surface area contributed by atoms with E-state index in [1.54, 1.807) is 44.6 Å². The summed E-state index contributed by atoms with van der Waals surface area (Å²) in [5, 5.41) is 11.3. The predicted molar refractivity (Wildman–Crippen MR) is 122 cm³/mol. The highest BCUT2D eigenvalue weighted by Crippen LogP contribution is 2.45. The molecule has 3 atom stereocenters. The number of allylic oxidation sites excluding steroid dienone is 1. The number of ether oxygens (including phenoxy) is 4. The molecule has 3 rings (SSSR count). The highest BCUT2D eigenvalue weighted by molar-refractivity contribution is 5.70. The number of aryl methyl sites for hydroxylation is 1. The van der Waals surface area contributed by atoms with Gasteiger partial charge >= 0.3 is 0 Å². The SMILES string of the molecule is COC1=C[C@](C=O)(Cc2ccc(C)cc2)C(OC)=C[C@H]1[C@@H](O)c1cc(OC)ccc1OC. The number of carbonyl (C=O) groups excluding carboxylic acids is 1. The lowest BCUT2D eigenvalue weighted by Gasteiger charge is -2.35. The summed E-state index contributed by atoms with van der Waals surface area (Å²) in [6, 6.07) is 13.2. The molecule has 0 fully saturated rings. The second-order valence-corrected chi connectivity index (χ2v) is 7.88. The molecule has 6 nitrogen and oxygen atoms in total. The Bertz CT molecular complexity index is 1010. The summed E-state index contributed by atoms with van der Waals surface area (Å²) in [5.41, 5.74) is 1.64. The van der Waals surface area contributed by atoms with Crippen LogP contribution in [0.25, 0.3) is 0 Å². The number of aliphatic hydroxyl groups is 1. The molecule has 2 aromatic rings. The van der Waals surface area contributed by atoms with Crippen LogP contribution in [0.1, 0.15) is 22.8 Å². The van der Waals surface area contributed by atoms with Gasteiger partial charge in [0.25, 0.3) is 0 Å². The van der Waals surface area contributed by atoms with Gasteiger partial charge in [0.2, 0.25) is 0 Å². The number of hydrogen-bond donors (Lipinski definition) is 1. The van der Waals surface area contributed by atoms with E-state index in [1.165, 1.54) is 14.2 Å². The molecule has 6 heteroatoms. The van der Waals surface area contributed by atoms with Crippen LogP contribution < -0.4 is 9.47 Å². The van der Waals surface area contributed by atoms with E-state index in [9.17, 15) is 9.90 Å². The van der Waals surface area contributed by atoms with E-state index >= 15 is 0 Å². The Morgan fingerprint density at radius 2 is 1.72 bits per heavy atom. The first kappa shape index (κ1) is 23.4. The third-order valence-electron chi connectivity index (χ3n) is 5.90. The minimum Gasteiger partial charge on any atom is -0.501 e. The molecule has 0 bridgehead atoms. The normalized spacial score (nSPS) is 21.1. The molecule has 1 aliphatic carbocycles. The first-order valence-corrected chi connectivity index (χ1v) is 10.4. The van der Waals surface area contributed by atoms with Gasteiger partial charge in [0, 0.05) is 5.56 Å². The molecule has 2 aromatic carbocycles. The van der Waals surface area contributed by atoms with Crippen LogP contribution in [0.4, 0.5) is 0 Å². The van der Waals surface area contributed by atoms with E-state index < -0.39 is 17.4 Å². The molecular weight excluding hydrogens is 408 g/mol. The lowest BCUT2D eigenvalue weighted by molar-refractivity contribution is -0.114. The summed E-state index contributed by atoms with van der Waals surface area (Å²) >= 11 is 0. The maximum Gasteiger partial charge on any atom is 0.137 e. The number of hydrogen-bond acceptors (Lipinski definition) is 6. The molecule has 32 heavy (non-hydrogen) atoms. The zero-order valence-corrected chi connectivity index (χ0v) is 19.1. The summed E-state index contributed by atoms with van der Waals surface area (Å²) < 4.78 is 22.1. The summed E-state index contributed by atoms with van der Waals surface area (Å²) in [6.45, 7) is 2.02. The van der Waals surface area contributed by atoms with Gasteiger partial charge in [0.15, 0.2) is 0 Å². The Labute approximate surface area is 189 Å². The Kier molecular flexibility index (Phi) is 7.26. The fourth-order valence-electron chi connectivity index (χ4n) is 4.10. The number of aliphatic hydroxyl groups excluding tert-OH is 1. The number of aldehydes is 1. The van der Waals surface area contributed by atoms with E-state index in [-0.39, 0.29) is 0 Å². The van der Waals surface area contributed by atoms with Crippen LogP contribution in [0.2, 0.25) is 0 Å². The third-order valence-corrected chi connectivity index (χ3v) is 5.90. The fourth-order valence-corrected chi connectivity index (χ4v) is 4.10. The highest BCUT2D eigenvalue weighted by atomic mass is 16.5. The standard InChI is InChI=1S/C26H30O6/c1-17-6-8-18(9-7-17)14-26(16-27)15-23(31-4)21(13-24(26)32-5)25(28)20-12-19(29-2)10-11-22(20)30-3/h6-13,15-16,21,25,28H,14H2,1-5H3/t21-,25+,26+/m1/s1. The van der Waals surface area contributed by atoms with Crippen LogP contribution in [-0.2, 0) is 20.7 Å². The quantitative estimate of drug-likeness (QED) is 0.593. The molecular formula is C26H30O6. The second kappa shape index (κ2) is 9.92. The zero-order chi connectivity index (χ0) is 23.3. The number of rotatable bonds is 9. The van der Waals surface area contributed by atoms with Crippen LogP contribution in [0.15, 0.2) is 66.1 Å². The molecule has 1 aliphatic rings. The van der Waals surface area contributed by atoms with E-state index in [0.717, 1.165) is 17.4 Å². The smallest absolute Gasteiger partial charge is 0.137 e. The van der Waals surface area contributed by atoms with Crippen LogP contribution in [-0.4, -0.2) is 39.8 Å². The van der Waals surface area contributed by atoms with Gasteiger partial charge in [-0.25, -0.2) is 0 Å². The average molecular weight is 439 g/mol. The van der Waals surface area contributed by atoms with Crippen LogP contribution in [0.5, 0.6) is 11.5 Å². The summed E-state index contributed by atoms with van der Waals surface area (Å²) in [5.74, 6) is 1.47. The maximum atomic E-state index is 12.4. The van der Waals surface area contributed by atoms with Crippen molar-refractivity contribution < 1.29 is 28.8 Å². The van der Waals surface area contributed by atoms with Crippen molar-refractivity contribution in [2.75, 3.05) is 28.4 Å². The van der Waals surface area contributed by atoms with Gasteiger partial charge in [-0.3, -0.25) is 0 Å². The number of methoxy groups -OCH3 is 4. The molecule has 1 N–H and O–H groups in total. The van der Waals surface area contributed by atoms with Crippen LogP contribution >= 0.6 is 0 Å². The molecule has 0 saturated carbocycles. The summed E-state index contributed by atoms with van der Waals surface area (Å²) in [4.78, 5) is 12.4. The molecule has 0 aliphatic heterocycles. The van der Waals surface area contributed by atoms with E-state index in [1.807, 2.05) is 31.2 Å². The Morgan fingerprint density at radius 1 is 1.00 bits per heavy atom. The highest BCUT2D eigenvalue weighted by Gasteiger charge is 2.42. The lowest BCUT2D eigenvalue weighted by atomic mass is 9.74. The molecule has 0 aromatic heterocycles. The van der Waals surface area contributed by atoms with Crippen molar-refractivity contribution in [3.63, 3.8) is 0 Å². The van der Waals surface area contributed by atoms with Crippen molar-refractivity contribution in [2.45, 2.75) is 19.4 Å². The fraction of sp³-hybridized carbons (Fsp3) is 0.346. The van der Waals surface area contributed by atoms with Crippen molar-refractivity contribution in [1.29, 1.82) is 0 Å². The van der Waals surface area contributed by atoms with Gasteiger partial charge in [0.1, 0.15) is 34.7 Å².